The highest BCUT2D eigenvalue weighted by molar-refractivity contribution is 5.51. The summed E-state index contributed by atoms with van der Waals surface area (Å²) in [6.45, 7) is 0. The fourth-order valence-corrected chi connectivity index (χ4v) is 1.51. The lowest BCUT2D eigenvalue weighted by Gasteiger charge is -2.11. The molecule has 78 valence electrons. The molecule has 0 bridgehead atoms. The lowest BCUT2D eigenvalue weighted by Crippen LogP contribution is -2.02. The Labute approximate surface area is 88.5 Å². The smallest absolute Gasteiger partial charge is 0.207 e. The normalized spacial score (nSPS) is 10.0. The first-order valence-electron chi connectivity index (χ1n) is 4.71. The average molecular weight is 203 g/mol. The maximum atomic E-state index is 5.29. The van der Waals surface area contributed by atoms with E-state index in [9.17, 15) is 0 Å². The number of benzene rings is 1. The number of nitrogens with zero attached hydrogens (tertiary/aromatic N) is 2. The van der Waals surface area contributed by atoms with Crippen LogP contribution in [0.2, 0.25) is 0 Å². The zero-order valence-corrected chi connectivity index (χ0v) is 8.77. The Balaban J connectivity index is 2.53. The molecule has 0 fully saturated rings. The van der Waals surface area contributed by atoms with Gasteiger partial charge in [-0.25, -0.2) is 4.98 Å². The van der Waals surface area contributed by atoms with Crippen molar-refractivity contribution in [1.29, 1.82) is 0 Å². The van der Waals surface area contributed by atoms with Gasteiger partial charge in [0.25, 0.3) is 0 Å². The van der Waals surface area contributed by atoms with Crippen LogP contribution in [0.3, 0.4) is 0 Å². The van der Waals surface area contributed by atoms with Gasteiger partial charge in [0.05, 0.1) is 12.8 Å². The van der Waals surface area contributed by atoms with E-state index in [0.717, 1.165) is 17.4 Å². The first kappa shape index (κ1) is 9.58. The number of hydrogen-bond donors (Lipinski definition) is 1. The SMILES string of the molecule is CNc1nccn1-c1ccccc1OC. The van der Waals surface area contributed by atoms with Crippen LogP contribution in [0.15, 0.2) is 36.7 Å². The van der Waals surface area contributed by atoms with Gasteiger partial charge in [-0.2, -0.15) is 0 Å². The minimum absolute atomic E-state index is 0.791. The van der Waals surface area contributed by atoms with E-state index in [1.54, 1.807) is 13.3 Å². The van der Waals surface area contributed by atoms with E-state index in [1.165, 1.54) is 0 Å². The molecule has 1 N–H and O–H groups in total. The minimum atomic E-state index is 0.791. The van der Waals surface area contributed by atoms with Gasteiger partial charge in [0, 0.05) is 19.4 Å². The van der Waals surface area contributed by atoms with E-state index in [-0.39, 0.29) is 0 Å². The van der Waals surface area contributed by atoms with Gasteiger partial charge in [-0.3, -0.25) is 4.57 Å². The molecule has 1 aromatic heterocycles. The van der Waals surface area contributed by atoms with Crippen molar-refractivity contribution in [3.63, 3.8) is 0 Å². The minimum Gasteiger partial charge on any atom is -0.495 e. The molecule has 1 aromatic carbocycles. The molecule has 1 heterocycles. The number of para-hydroxylation sites is 2. The van der Waals surface area contributed by atoms with Crippen LogP contribution in [-0.2, 0) is 0 Å². The van der Waals surface area contributed by atoms with E-state index >= 15 is 0 Å². The molecule has 0 spiro atoms. The van der Waals surface area contributed by atoms with E-state index in [2.05, 4.69) is 10.3 Å². The summed E-state index contributed by atoms with van der Waals surface area (Å²) in [6.07, 6.45) is 3.64. The van der Waals surface area contributed by atoms with Crippen LogP contribution < -0.4 is 10.1 Å². The second kappa shape index (κ2) is 4.04. The second-order valence-electron chi connectivity index (χ2n) is 3.04. The fourth-order valence-electron chi connectivity index (χ4n) is 1.51. The number of aromatic nitrogens is 2. The summed E-state index contributed by atoms with van der Waals surface area (Å²) in [4.78, 5) is 4.18. The van der Waals surface area contributed by atoms with Crippen molar-refractivity contribution in [3.05, 3.63) is 36.7 Å². The maximum absolute atomic E-state index is 5.29. The van der Waals surface area contributed by atoms with Gasteiger partial charge in [-0.05, 0) is 12.1 Å². The molecule has 0 saturated heterocycles. The average Bonchev–Trinajstić information content (AvgIpc) is 2.76. The third-order valence-corrected chi connectivity index (χ3v) is 2.21. The Morgan fingerprint density at radius 3 is 2.87 bits per heavy atom. The highest BCUT2D eigenvalue weighted by Gasteiger charge is 2.07. The monoisotopic (exact) mass is 203 g/mol. The fraction of sp³-hybridized carbons (Fsp3) is 0.182. The van der Waals surface area contributed by atoms with Crippen molar-refractivity contribution in [2.45, 2.75) is 0 Å². The Kier molecular flexibility index (Phi) is 2.58. The Morgan fingerprint density at radius 1 is 1.33 bits per heavy atom. The topological polar surface area (TPSA) is 39.1 Å². The third kappa shape index (κ3) is 1.66. The molecular weight excluding hydrogens is 190 g/mol. The Morgan fingerprint density at radius 2 is 2.13 bits per heavy atom. The highest BCUT2D eigenvalue weighted by Crippen LogP contribution is 2.24. The molecule has 0 unspecified atom stereocenters. The summed E-state index contributed by atoms with van der Waals surface area (Å²) >= 11 is 0. The van der Waals surface area contributed by atoms with Gasteiger partial charge in [0.15, 0.2) is 0 Å². The summed E-state index contributed by atoms with van der Waals surface area (Å²) in [5, 5.41) is 3.02. The summed E-state index contributed by atoms with van der Waals surface area (Å²) in [5.41, 5.74) is 0.974. The molecule has 0 aliphatic rings. The van der Waals surface area contributed by atoms with Crippen molar-refractivity contribution in [1.82, 2.24) is 9.55 Å². The largest absolute Gasteiger partial charge is 0.495 e. The molecule has 2 rings (SSSR count). The van der Waals surface area contributed by atoms with Crippen molar-refractivity contribution >= 4 is 5.95 Å². The molecule has 4 heteroatoms. The van der Waals surface area contributed by atoms with Gasteiger partial charge in [-0.15, -0.1) is 0 Å². The van der Waals surface area contributed by atoms with Crippen molar-refractivity contribution in [2.75, 3.05) is 19.5 Å². The summed E-state index contributed by atoms with van der Waals surface area (Å²) in [6, 6.07) is 7.83. The number of imidazole rings is 1. The van der Waals surface area contributed by atoms with Crippen molar-refractivity contribution in [2.24, 2.45) is 0 Å². The zero-order chi connectivity index (χ0) is 10.7. The number of anilines is 1. The Hall–Kier alpha value is -1.97. The molecule has 0 saturated carbocycles. The van der Waals surface area contributed by atoms with Gasteiger partial charge in [0.1, 0.15) is 5.75 Å². The second-order valence-corrected chi connectivity index (χ2v) is 3.04. The molecule has 0 amide bonds. The van der Waals surface area contributed by atoms with Crippen LogP contribution in [0.5, 0.6) is 5.75 Å². The van der Waals surface area contributed by atoms with Crippen LogP contribution in [0.1, 0.15) is 0 Å². The van der Waals surface area contributed by atoms with E-state index in [1.807, 2.05) is 42.1 Å². The van der Waals surface area contributed by atoms with Crippen molar-refractivity contribution < 1.29 is 4.74 Å². The third-order valence-electron chi connectivity index (χ3n) is 2.21. The molecular formula is C11H13N3O. The quantitative estimate of drug-likeness (QED) is 0.828. The molecule has 15 heavy (non-hydrogen) atoms. The summed E-state index contributed by atoms with van der Waals surface area (Å²) in [5.74, 6) is 1.62. The first-order valence-corrected chi connectivity index (χ1v) is 4.71. The van der Waals surface area contributed by atoms with Gasteiger partial charge in [-0.1, -0.05) is 12.1 Å². The van der Waals surface area contributed by atoms with Crippen LogP contribution in [0.25, 0.3) is 5.69 Å². The van der Waals surface area contributed by atoms with E-state index < -0.39 is 0 Å². The van der Waals surface area contributed by atoms with Crippen LogP contribution in [0, 0.1) is 0 Å². The maximum Gasteiger partial charge on any atom is 0.207 e. The van der Waals surface area contributed by atoms with E-state index in [4.69, 9.17) is 4.74 Å². The summed E-state index contributed by atoms with van der Waals surface area (Å²) in [7, 11) is 3.50. The molecule has 4 nitrogen and oxygen atoms in total. The molecule has 0 atom stereocenters. The molecule has 0 aliphatic carbocycles. The predicted octanol–water partition coefficient (Wildman–Crippen LogP) is 1.92. The number of hydrogen-bond acceptors (Lipinski definition) is 3. The predicted molar refractivity (Wildman–Crippen MR) is 59.7 cm³/mol. The number of rotatable bonds is 3. The Bertz CT molecular complexity index is 451. The lowest BCUT2D eigenvalue weighted by atomic mass is 10.3. The summed E-state index contributed by atoms with van der Waals surface area (Å²) < 4.78 is 7.24. The standard InChI is InChI=1S/C11H13N3O/c1-12-11-13-7-8-14(11)9-5-3-4-6-10(9)15-2/h3-8H,1-2H3,(H,12,13). The molecule has 2 aromatic rings. The number of ether oxygens (including phenoxy) is 1. The van der Waals surface area contributed by atoms with Crippen LogP contribution >= 0.6 is 0 Å². The van der Waals surface area contributed by atoms with Crippen LogP contribution in [0.4, 0.5) is 5.95 Å². The van der Waals surface area contributed by atoms with Gasteiger partial charge >= 0.3 is 0 Å². The molecule has 0 radical (unpaired) electrons. The highest BCUT2D eigenvalue weighted by atomic mass is 16.5. The van der Waals surface area contributed by atoms with Crippen molar-refractivity contribution in [3.8, 4) is 11.4 Å². The van der Waals surface area contributed by atoms with Gasteiger partial charge in [0.2, 0.25) is 5.95 Å². The molecule has 0 aliphatic heterocycles. The first-order chi connectivity index (χ1) is 7.36. The van der Waals surface area contributed by atoms with Gasteiger partial charge < -0.3 is 10.1 Å². The lowest BCUT2D eigenvalue weighted by molar-refractivity contribution is 0.413. The van der Waals surface area contributed by atoms with E-state index in [0.29, 0.717) is 0 Å². The van der Waals surface area contributed by atoms with Crippen LogP contribution in [-0.4, -0.2) is 23.7 Å². The number of methoxy groups -OCH3 is 1. The number of nitrogens with one attached hydrogen (secondary N) is 1. The zero-order valence-electron chi connectivity index (χ0n) is 8.77.